The second-order valence-electron chi connectivity index (χ2n) is 12.0. The Labute approximate surface area is 319 Å². The van der Waals surface area contributed by atoms with E-state index in [-0.39, 0.29) is 51.2 Å². The van der Waals surface area contributed by atoms with Crippen LogP contribution in [0.3, 0.4) is 0 Å². The van der Waals surface area contributed by atoms with E-state index in [0.29, 0.717) is 31.2 Å². The van der Waals surface area contributed by atoms with E-state index in [1.807, 2.05) is 13.8 Å². The molecule has 3 heterocycles. The molecule has 5 rings (SSSR count). The fraction of sp³-hybridized carbons (Fsp3) is 0.636. The lowest BCUT2D eigenvalue weighted by Crippen LogP contribution is -2.31. The van der Waals surface area contributed by atoms with Gasteiger partial charge in [0.15, 0.2) is 0 Å². The normalized spacial score (nSPS) is 19.8. The van der Waals surface area contributed by atoms with Crippen molar-refractivity contribution in [2.24, 2.45) is 5.90 Å². The molecule has 0 aromatic carbocycles. The molecule has 3 aromatic heterocycles. The van der Waals surface area contributed by atoms with Gasteiger partial charge < -0.3 is 41.3 Å². The lowest BCUT2D eigenvalue weighted by Gasteiger charge is -2.29. The molecule has 2 fully saturated rings. The molecule has 9 N–H and O–H groups in total. The average molecular weight is 854 g/mol. The molecule has 14 nitrogen and oxygen atoms in total. The minimum Gasteiger partial charge on any atom is -0.394 e. The zero-order chi connectivity index (χ0) is 35.2. The van der Waals surface area contributed by atoms with E-state index in [4.69, 9.17) is 35.6 Å². The summed E-state index contributed by atoms with van der Waals surface area (Å²) in [5, 5.41) is 31.2. The zero-order valence-corrected chi connectivity index (χ0v) is 32.7. The number of anilines is 3. The van der Waals surface area contributed by atoms with E-state index in [9.17, 15) is 0 Å². The van der Waals surface area contributed by atoms with Crippen LogP contribution < -0.4 is 22.3 Å². The molecule has 2 aliphatic carbocycles. The lowest BCUT2D eigenvalue weighted by atomic mass is 9.93. The van der Waals surface area contributed by atoms with E-state index in [1.54, 1.807) is 0 Å². The van der Waals surface area contributed by atoms with Gasteiger partial charge in [0, 0.05) is 23.5 Å². The molecule has 50 heavy (non-hydrogen) atoms. The lowest BCUT2D eigenvalue weighted by molar-refractivity contribution is 0.00719. The molecular formula is C33H56Br2ClN9O5. The summed E-state index contributed by atoms with van der Waals surface area (Å²) in [6, 6.07) is 4.90. The quantitative estimate of drug-likeness (QED) is 0.112. The van der Waals surface area contributed by atoms with Gasteiger partial charge in [0.05, 0.1) is 59.0 Å². The van der Waals surface area contributed by atoms with Crippen LogP contribution in [0, 0.1) is 27.7 Å². The maximum atomic E-state index is 8.88. The SMILES string of the molecule is C.Cc1nc(-n2c(C)ccc2C)nc(NC2CCC(OCCO)CC2)c1Br.Cc1nc(N)nc(NC2CCC(OCCO)CC2)c1Br.Cl.NO. The molecule has 284 valence electrons. The number of aliphatic hydroxyl groups is 2. The number of hydrogen-bond acceptors (Lipinski definition) is 13. The first-order valence-electron chi connectivity index (χ1n) is 16.3. The maximum Gasteiger partial charge on any atom is 0.236 e. The Morgan fingerprint density at radius 3 is 1.54 bits per heavy atom. The van der Waals surface area contributed by atoms with Crippen molar-refractivity contribution in [3.05, 3.63) is 43.9 Å². The van der Waals surface area contributed by atoms with Gasteiger partial charge in [-0.1, -0.05) is 7.43 Å². The number of nitrogens with zero attached hydrogens (tertiary/aromatic N) is 5. The third-order valence-electron chi connectivity index (χ3n) is 8.43. The molecular weight excluding hydrogens is 798 g/mol. The van der Waals surface area contributed by atoms with Gasteiger partial charge >= 0.3 is 0 Å². The van der Waals surface area contributed by atoms with Crippen LogP contribution in [0.4, 0.5) is 17.6 Å². The largest absolute Gasteiger partial charge is 0.394 e. The Kier molecular flexibility index (Phi) is 21.5. The minimum atomic E-state index is 0. The highest BCUT2D eigenvalue weighted by Crippen LogP contribution is 2.30. The van der Waals surface area contributed by atoms with Crippen LogP contribution in [-0.4, -0.2) is 90.6 Å². The van der Waals surface area contributed by atoms with Gasteiger partial charge in [-0.25, -0.2) is 15.9 Å². The minimum absolute atomic E-state index is 0. The number of nitrogens with two attached hydrogens (primary N) is 2. The molecule has 0 spiro atoms. The van der Waals surface area contributed by atoms with Crippen LogP contribution in [0.1, 0.15) is 81.6 Å². The van der Waals surface area contributed by atoms with Crippen LogP contribution in [-0.2, 0) is 9.47 Å². The van der Waals surface area contributed by atoms with E-state index in [2.05, 4.69) is 93.9 Å². The summed E-state index contributed by atoms with van der Waals surface area (Å²) in [5.41, 5.74) is 9.68. The van der Waals surface area contributed by atoms with Crippen LogP contribution in [0.25, 0.3) is 5.95 Å². The van der Waals surface area contributed by atoms with Crippen molar-refractivity contribution < 1.29 is 24.9 Å². The van der Waals surface area contributed by atoms with E-state index >= 15 is 0 Å². The maximum absolute atomic E-state index is 8.88. The van der Waals surface area contributed by atoms with E-state index in [0.717, 1.165) is 94.7 Å². The molecule has 0 unspecified atom stereocenters. The molecule has 0 bridgehead atoms. The van der Waals surface area contributed by atoms with E-state index < -0.39 is 0 Å². The van der Waals surface area contributed by atoms with Crippen molar-refractivity contribution in [3.8, 4) is 5.95 Å². The van der Waals surface area contributed by atoms with Crippen molar-refractivity contribution >= 4 is 61.9 Å². The van der Waals surface area contributed by atoms with Gasteiger partial charge in [-0.2, -0.15) is 9.97 Å². The molecule has 3 aromatic rings. The number of aromatic nitrogens is 5. The van der Waals surface area contributed by atoms with Crippen molar-refractivity contribution in [3.63, 3.8) is 0 Å². The number of hydrogen-bond donors (Lipinski definition) is 7. The standard InChI is InChI=1S/C19H27BrN4O2.C13H21BrN4O2.CH4.ClH.H3NO/c1-12-4-5-13(2)24(12)19-21-14(3)17(20)18(23-19)22-15-6-8-16(9-7-15)26-11-10-25;1-8-11(14)12(18-13(15)16-8)17-9-2-4-10(5-3-9)20-7-6-19;;;1-2/h4-5,15-16,25H,6-11H2,1-3H3,(H,21,22,23);9-10,19H,2-7H2,1H3,(H3,15,16,17,18);1H4;1H;2H,1H2. The fourth-order valence-corrected chi connectivity index (χ4v) is 6.56. The van der Waals surface area contributed by atoms with Crippen LogP contribution in [0.15, 0.2) is 21.1 Å². The third-order valence-corrected chi connectivity index (χ3v) is 10.3. The monoisotopic (exact) mass is 851 g/mol. The number of nitrogens with one attached hydrogen (secondary N) is 2. The Morgan fingerprint density at radius 1 is 0.720 bits per heavy atom. The Morgan fingerprint density at radius 2 is 1.12 bits per heavy atom. The van der Waals surface area contributed by atoms with Gasteiger partial charge in [0.25, 0.3) is 0 Å². The van der Waals surface area contributed by atoms with Crippen LogP contribution in [0.2, 0.25) is 0 Å². The molecule has 2 saturated carbocycles. The topological polar surface area (TPSA) is 212 Å². The van der Waals surface area contributed by atoms with Crippen LogP contribution in [0.5, 0.6) is 0 Å². The number of rotatable bonds is 11. The number of ether oxygens (including phenoxy) is 2. The summed E-state index contributed by atoms with van der Waals surface area (Å²) in [5.74, 6) is 6.09. The van der Waals surface area contributed by atoms with Crippen molar-refractivity contribution in [2.75, 3.05) is 42.8 Å². The third kappa shape index (κ3) is 13.4. The summed E-state index contributed by atoms with van der Waals surface area (Å²) in [4.78, 5) is 17.8. The first kappa shape index (κ1) is 45.9. The number of nitrogen functional groups attached to an aromatic ring is 1. The summed E-state index contributed by atoms with van der Waals surface area (Å²) >= 11 is 7.13. The summed E-state index contributed by atoms with van der Waals surface area (Å²) in [6.07, 6.45) is 8.62. The van der Waals surface area contributed by atoms with Crippen molar-refractivity contribution in [2.45, 2.75) is 111 Å². The molecule has 2 aliphatic rings. The second-order valence-corrected chi connectivity index (χ2v) is 13.6. The van der Waals surface area contributed by atoms with Gasteiger partial charge in [0.1, 0.15) is 11.6 Å². The van der Waals surface area contributed by atoms with E-state index in [1.165, 1.54) is 0 Å². The molecule has 0 atom stereocenters. The first-order chi connectivity index (χ1) is 23.1. The van der Waals surface area contributed by atoms with Gasteiger partial charge in [-0.05, 0) is 123 Å². The predicted molar refractivity (Wildman–Crippen MR) is 208 cm³/mol. The molecule has 0 amide bonds. The predicted octanol–water partition coefficient (Wildman–Crippen LogP) is 5.94. The van der Waals surface area contributed by atoms with Crippen molar-refractivity contribution in [1.82, 2.24) is 24.5 Å². The number of aryl methyl sites for hydroxylation is 4. The Bertz CT molecular complexity index is 1400. The Balaban J connectivity index is 0.000000472. The molecule has 17 heteroatoms. The summed E-state index contributed by atoms with van der Waals surface area (Å²) < 4.78 is 15.1. The first-order valence-corrected chi connectivity index (χ1v) is 17.9. The zero-order valence-electron chi connectivity index (χ0n) is 28.7. The smallest absolute Gasteiger partial charge is 0.236 e. The summed E-state index contributed by atoms with van der Waals surface area (Å²) in [6.45, 7) is 9.05. The Hall–Kier alpha value is -2.15. The van der Waals surface area contributed by atoms with Crippen LogP contribution >= 0.6 is 44.3 Å². The van der Waals surface area contributed by atoms with Gasteiger partial charge in [-0.3, -0.25) is 4.57 Å². The number of halogens is 3. The highest BCUT2D eigenvalue weighted by Gasteiger charge is 2.24. The molecule has 0 radical (unpaired) electrons. The average Bonchev–Trinajstić information content (AvgIpc) is 3.43. The second kappa shape index (κ2) is 23.4. The fourth-order valence-electron chi connectivity index (χ4n) is 5.97. The summed E-state index contributed by atoms with van der Waals surface area (Å²) in [7, 11) is 0. The van der Waals surface area contributed by atoms with Gasteiger partial charge in [-0.15, -0.1) is 12.4 Å². The highest BCUT2D eigenvalue weighted by molar-refractivity contribution is 9.11. The van der Waals surface area contributed by atoms with Crippen molar-refractivity contribution in [1.29, 1.82) is 0 Å². The number of aliphatic hydroxyl groups excluding tert-OH is 2. The van der Waals surface area contributed by atoms with Gasteiger partial charge in [0.2, 0.25) is 11.9 Å². The molecule has 0 aliphatic heterocycles. The molecule has 0 saturated heterocycles. The highest BCUT2D eigenvalue weighted by atomic mass is 79.9.